The molecule has 1 rings (SSSR count). The summed E-state index contributed by atoms with van der Waals surface area (Å²) in [5.41, 5.74) is 0.650. The summed E-state index contributed by atoms with van der Waals surface area (Å²) in [4.78, 5) is 13.0. The van der Waals surface area contributed by atoms with Gasteiger partial charge in [-0.1, -0.05) is 37.8 Å². The normalized spacial score (nSPS) is 12.4. The lowest BCUT2D eigenvalue weighted by Gasteiger charge is -2.13. The van der Waals surface area contributed by atoms with Gasteiger partial charge in [0.15, 0.2) is 0 Å². The number of carbonyl (C=O) groups is 1. The molecule has 16 heavy (non-hydrogen) atoms. The lowest BCUT2D eigenvalue weighted by molar-refractivity contribution is -0.107. The van der Waals surface area contributed by atoms with Crippen LogP contribution in [0.2, 0.25) is 0 Å². The van der Waals surface area contributed by atoms with E-state index in [1.54, 1.807) is 18.3 Å². The van der Waals surface area contributed by atoms with Crippen LogP contribution in [0.5, 0.6) is 0 Å². The molecule has 88 valence electrons. The molecular formula is C13H18OS2. The van der Waals surface area contributed by atoms with Gasteiger partial charge in [-0.05, 0) is 36.8 Å². The van der Waals surface area contributed by atoms with Crippen molar-refractivity contribution in [1.82, 2.24) is 0 Å². The maximum absolute atomic E-state index is 11.6. The third kappa shape index (κ3) is 4.54. The quantitative estimate of drug-likeness (QED) is 0.704. The van der Waals surface area contributed by atoms with Gasteiger partial charge in [0.25, 0.3) is 0 Å². The van der Waals surface area contributed by atoms with E-state index in [2.05, 4.69) is 31.0 Å². The van der Waals surface area contributed by atoms with Crippen molar-refractivity contribution in [2.75, 3.05) is 0 Å². The SMILES string of the molecule is C=C(C)C(=O)SC(CCC)Cc1cccs1. The van der Waals surface area contributed by atoms with Crippen molar-refractivity contribution in [2.45, 2.75) is 38.4 Å². The first-order valence-electron chi connectivity index (χ1n) is 5.52. The average Bonchev–Trinajstić information content (AvgIpc) is 2.70. The molecule has 1 heterocycles. The van der Waals surface area contributed by atoms with Crippen molar-refractivity contribution in [1.29, 1.82) is 0 Å². The minimum Gasteiger partial charge on any atom is -0.282 e. The van der Waals surface area contributed by atoms with Gasteiger partial charge in [0.05, 0.1) is 0 Å². The first-order chi connectivity index (χ1) is 7.63. The summed E-state index contributed by atoms with van der Waals surface area (Å²) in [6.07, 6.45) is 3.20. The molecule has 0 aliphatic rings. The van der Waals surface area contributed by atoms with E-state index < -0.39 is 0 Å². The van der Waals surface area contributed by atoms with Crippen LogP contribution in [0.25, 0.3) is 0 Å². The Bertz CT molecular complexity index is 341. The number of hydrogen-bond donors (Lipinski definition) is 0. The highest BCUT2D eigenvalue weighted by molar-refractivity contribution is 8.14. The topological polar surface area (TPSA) is 17.1 Å². The molecule has 0 fully saturated rings. The third-order valence-corrected chi connectivity index (χ3v) is 4.44. The largest absolute Gasteiger partial charge is 0.282 e. The van der Waals surface area contributed by atoms with Crippen molar-refractivity contribution in [3.05, 3.63) is 34.5 Å². The van der Waals surface area contributed by atoms with Crippen molar-refractivity contribution >= 4 is 28.2 Å². The van der Waals surface area contributed by atoms with E-state index in [1.807, 2.05) is 0 Å². The van der Waals surface area contributed by atoms with E-state index in [9.17, 15) is 4.79 Å². The number of hydrogen-bond acceptors (Lipinski definition) is 3. The maximum Gasteiger partial charge on any atom is 0.214 e. The molecule has 0 saturated heterocycles. The van der Waals surface area contributed by atoms with Crippen LogP contribution in [0.1, 0.15) is 31.6 Å². The standard InChI is InChI=1S/C13H18OS2/c1-4-6-12(16-13(14)10(2)3)9-11-7-5-8-15-11/h5,7-8,12H,2,4,6,9H2,1,3H3. The van der Waals surface area contributed by atoms with Crippen LogP contribution in [0.15, 0.2) is 29.7 Å². The number of thioether (sulfide) groups is 1. The van der Waals surface area contributed by atoms with Crippen LogP contribution in [0.4, 0.5) is 0 Å². The molecule has 1 aromatic rings. The molecule has 0 radical (unpaired) electrons. The zero-order valence-corrected chi connectivity index (χ0v) is 11.5. The predicted octanol–water partition coefficient (Wildman–Crippen LogP) is 4.30. The fourth-order valence-corrected chi connectivity index (χ4v) is 3.44. The van der Waals surface area contributed by atoms with E-state index >= 15 is 0 Å². The summed E-state index contributed by atoms with van der Waals surface area (Å²) < 4.78 is 0. The fraction of sp³-hybridized carbons (Fsp3) is 0.462. The molecular weight excluding hydrogens is 236 g/mol. The molecule has 1 aromatic heterocycles. The van der Waals surface area contributed by atoms with E-state index in [4.69, 9.17) is 0 Å². The van der Waals surface area contributed by atoms with Gasteiger partial charge in [-0.15, -0.1) is 11.3 Å². The third-order valence-electron chi connectivity index (χ3n) is 2.24. The molecule has 1 unspecified atom stereocenters. The van der Waals surface area contributed by atoms with Gasteiger partial charge in [-0.3, -0.25) is 4.79 Å². The molecule has 0 aromatic carbocycles. The summed E-state index contributed by atoms with van der Waals surface area (Å²) in [6, 6.07) is 4.20. The number of rotatable bonds is 6. The summed E-state index contributed by atoms with van der Waals surface area (Å²) in [5, 5.41) is 2.62. The van der Waals surface area contributed by atoms with Gasteiger partial charge in [-0.2, -0.15) is 0 Å². The van der Waals surface area contributed by atoms with Crippen molar-refractivity contribution in [3.63, 3.8) is 0 Å². The minimum absolute atomic E-state index is 0.134. The first-order valence-corrected chi connectivity index (χ1v) is 7.28. The van der Waals surface area contributed by atoms with Crippen LogP contribution in [-0.4, -0.2) is 10.4 Å². The molecule has 1 nitrogen and oxygen atoms in total. The average molecular weight is 254 g/mol. The molecule has 0 saturated carbocycles. The van der Waals surface area contributed by atoms with Gasteiger partial charge >= 0.3 is 0 Å². The second-order valence-corrected chi connectivity index (χ2v) is 6.19. The smallest absolute Gasteiger partial charge is 0.214 e. The van der Waals surface area contributed by atoms with E-state index in [-0.39, 0.29) is 5.12 Å². The van der Waals surface area contributed by atoms with Crippen LogP contribution < -0.4 is 0 Å². The highest BCUT2D eigenvalue weighted by Crippen LogP contribution is 2.25. The number of carbonyl (C=O) groups excluding carboxylic acids is 1. The Morgan fingerprint density at radius 1 is 1.62 bits per heavy atom. The van der Waals surface area contributed by atoms with Gasteiger partial charge < -0.3 is 0 Å². The molecule has 0 bridgehead atoms. The van der Waals surface area contributed by atoms with Crippen LogP contribution in [0.3, 0.4) is 0 Å². The van der Waals surface area contributed by atoms with Crippen molar-refractivity contribution < 1.29 is 4.79 Å². The Labute approximate surface area is 106 Å². The van der Waals surface area contributed by atoms with E-state index in [0.29, 0.717) is 10.8 Å². The van der Waals surface area contributed by atoms with Gasteiger partial charge in [-0.25, -0.2) is 0 Å². The highest BCUT2D eigenvalue weighted by Gasteiger charge is 2.15. The molecule has 0 amide bonds. The minimum atomic E-state index is 0.134. The van der Waals surface area contributed by atoms with Crippen molar-refractivity contribution in [2.24, 2.45) is 0 Å². The van der Waals surface area contributed by atoms with Crippen LogP contribution in [-0.2, 0) is 11.2 Å². The number of thiophene rings is 1. The maximum atomic E-state index is 11.6. The Morgan fingerprint density at radius 3 is 2.88 bits per heavy atom. The fourth-order valence-electron chi connectivity index (χ4n) is 1.43. The van der Waals surface area contributed by atoms with Gasteiger partial charge in [0.2, 0.25) is 5.12 Å². The van der Waals surface area contributed by atoms with Gasteiger partial charge in [0, 0.05) is 10.1 Å². The zero-order valence-electron chi connectivity index (χ0n) is 9.86. The first kappa shape index (κ1) is 13.5. The molecule has 0 spiro atoms. The second-order valence-electron chi connectivity index (χ2n) is 3.88. The van der Waals surface area contributed by atoms with Crippen LogP contribution in [0, 0.1) is 0 Å². The van der Waals surface area contributed by atoms with Crippen molar-refractivity contribution in [3.8, 4) is 0 Å². The van der Waals surface area contributed by atoms with Crippen LogP contribution >= 0.6 is 23.1 Å². The van der Waals surface area contributed by atoms with E-state index in [0.717, 1.165) is 19.3 Å². The highest BCUT2D eigenvalue weighted by atomic mass is 32.2. The lowest BCUT2D eigenvalue weighted by Crippen LogP contribution is -2.10. The zero-order chi connectivity index (χ0) is 12.0. The summed E-state index contributed by atoms with van der Waals surface area (Å²) >= 11 is 3.21. The Hall–Kier alpha value is -0.540. The molecule has 1 atom stereocenters. The summed E-state index contributed by atoms with van der Waals surface area (Å²) in [7, 11) is 0. The predicted molar refractivity (Wildman–Crippen MR) is 74.1 cm³/mol. The van der Waals surface area contributed by atoms with Gasteiger partial charge in [0.1, 0.15) is 0 Å². The summed E-state index contributed by atoms with van der Waals surface area (Å²) in [6.45, 7) is 7.64. The molecule has 0 aliphatic heterocycles. The summed E-state index contributed by atoms with van der Waals surface area (Å²) in [5.74, 6) is 0. The monoisotopic (exact) mass is 254 g/mol. The molecule has 0 N–H and O–H groups in total. The molecule has 3 heteroatoms. The Balaban J connectivity index is 2.54. The molecule has 0 aliphatic carbocycles. The Kier molecular flexibility index (Phi) is 5.85. The Morgan fingerprint density at radius 2 is 2.38 bits per heavy atom. The second kappa shape index (κ2) is 6.92. The van der Waals surface area contributed by atoms with E-state index in [1.165, 1.54) is 16.6 Å². The lowest BCUT2D eigenvalue weighted by atomic mass is 10.2.